The molecule has 0 heterocycles. The van der Waals surface area contributed by atoms with Crippen LogP contribution in [0.1, 0.15) is 50.0 Å². The zero-order valence-corrected chi connectivity index (χ0v) is 13.4. The van der Waals surface area contributed by atoms with Gasteiger partial charge in [-0.25, -0.2) is 0 Å². The molecule has 1 aliphatic carbocycles. The van der Waals surface area contributed by atoms with Crippen LogP contribution in [0.3, 0.4) is 0 Å². The lowest BCUT2D eigenvalue weighted by Crippen LogP contribution is -2.25. The van der Waals surface area contributed by atoms with Gasteiger partial charge in [-0.3, -0.25) is 0 Å². The summed E-state index contributed by atoms with van der Waals surface area (Å²) in [6.07, 6.45) is 6.51. The molecule has 1 aliphatic rings. The van der Waals surface area contributed by atoms with Gasteiger partial charge in [0.15, 0.2) is 0 Å². The average molecular weight is 299 g/mol. The first kappa shape index (κ1) is 14.7. The maximum Gasteiger partial charge on any atom is 0.0638 e. The molecule has 1 heteroatoms. The van der Waals surface area contributed by atoms with Crippen LogP contribution in [0, 0.1) is 5.41 Å². The van der Waals surface area contributed by atoms with Crippen LogP contribution in [0.4, 0.5) is 0 Å². The van der Waals surface area contributed by atoms with Gasteiger partial charge in [0.05, 0.1) is 5.38 Å². The highest BCUT2D eigenvalue weighted by Gasteiger charge is 2.35. The summed E-state index contributed by atoms with van der Waals surface area (Å²) < 4.78 is 0. The molecule has 0 saturated heterocycles. The minimum absolute atomic E-state index is 0.127. The lowest BCUT2D eigenvalue weighted by Gasteiger charge is -2.38. The second kappa shape index (κ2) is 6.23. The molecule has 110 valence electrons. The predicted molar refractivity (Wildman–Crippen MR) is 91.7 cm³/mol. The molecule has 2 aromatic carbocycles. The van der Waals surface area contributed by atoms with Crippen molar-refractivity contribution in [2.24, 2.45) is 5.41 Å². The van der Waals surface area contributed by atoms with Crippen molar-refractivity contribution in [3.63, 3.8) is 0 Å². The summed E-state index contributed by atoms with van der Waals surface area (Å²) in [5, 5.41) is 0.127. The van der Waals surface area contributed by atoms with Gasteiger partial charge in [0, 0.05) is 0 Å². The Morgan fingerprint density at radius 3 is 2.00 bits per heavy atom. The monoisotopic (exact) mass is 298 g/mol. The fourth-order valence-corrected chi connectivity index (χ4v) is 3.85. The summed E-state index contributed by atoms with van der Waals surface area (Å²) in [7, 11) is 0. The molecule has 0 nitrogen and oxygen atoms in total. The van der Waals surface area contributed by atoms with E-state index in [1.165, 1.54) is 48.8 Å². The van der Waals surface area contributed by atoms with E-state index in [9.17, 15) is 0 Å². The number of rotatable bonds is 3. The van der Waals surface area contributed by atoms with E-state index in [2.05, 4.69) is 61.5 Å². The fourth-order valence-electron chi connectivity index (χ4n) is 3.49. The van der Waals surface area contributed by atoms with E-state index in [4.69, 9.17) is 11.6 Å². The summed E-state index contributed by atoms with van der Waals surface area (Å²) in [5.41, 5.74) is 4.05. The summed E-state index contributed by atoms with van der Waals surface area (Å²) in [6, 6.07) is 19.3. The molecule has 21 heavy (non-hydrogen) atoms. The molecule has 1 atom stereocenters. The normalized spacial score (nSPS) is 19.1. The van der Waals surface area contributed by atoms with E-state index >= 15 is 0 Å². The smallest absolute Gasteiger partial charge is 0.0638 e. The van der Waals surface area contributed by atoms with E-state index in [0.29, 0.717) is 0 Å². The Bertz CT molecular complexity index is 565. The van der Waals surface area contributed by atoms with Gasteiger partial charge in [-0.15, -0.1) is 11.6 Å². The lowest BCUT2D eigenvalue weighted by molar-refractivity contribution is 0.206. The third-order valence-corrected chi connectivity index (χ3v) is 5.70. The molecule has 0 N–H and O–H groups in total. The van der Waals surface area contributed by atoms with Crippen LogP contribution in [0.5, 0.6) is 0 Å². The molecular weight excluding hydrogens is 276 g/mol. The number of alkyl halides is 1. The largest absolute Gasteiger partial charge is 0.117 e. The Kier molecular flexibility index (Phi) is 4.35. The van der Waals surface area contributed by atoms with Crippen molar-refractivity contribution in [3.8, 4) is 11.1 Å². The predicted octanol–water partition coefficient (Wildman–Crippen LogP) is 6.60. The average Bonchev–Trinajstić information content (AvgIpc) is 2.56. The number of hydrogen-bond acceptors (Lipinski definition) is 0. The highest BCUT2D eigenvalue weighted by molar-refractivity contribution is 6.21. The van der Waals surface area contributed by atoms with Crippen LogP contribution < -0.4 is 0 Å². The molecule has 0 spiro atoms. The van der Waals surface area contributed by atoms with E-state index in [1.54, 1.807) is 0 Å². The van der Waals surface area contributed by atoms with Gasteiger partial charge in [0.2, 0.25) is 0 Å². The molecule has 1 fully saturated rings. The first-order chi connectivity index (χ1) is 10.2. The molecule has 1 saturated carbocycles. The summed E-state index contributed by atoms with van der Waals surface area (Å²) in [4.78, 5) is 0. The SMILES string of the molecule is CC1(C(Cl)c2ccc(-c3ccccc3)cc2)CCCCC1. The maximum atomic E-state index is 6.82. The minimum Gasteiger partial charge on any atom is -0.117 e. The van der Waals surface area contributed by atoms with Crippen LogP contribution in [-0.4, -0.2) is 0 Å². The maximum absolute atomic E-state index is 6.82. The molecule has 2 aromatic rings. The van der Waals surface area contributed by atoms with Gasteiger partial charge in [0.25, 0.3) is 0 Å². The van der Waals surface area contributed by atoms with Crippen molar-refractivity contribution in [3.05, 3.63) is 60.2 Å². The zero-order chi connectivity index (χ0) is 14.7. The second-order valence-corrected chi connectivity index (χ2v) is 7.00. The first-order valence-corrected chi connectivity index (χ1v) is 8.42. The van der Waals surface area contributed by atoms with Crippen molar-refractivity contribution < 1.29 is 0 Å². The van der Waals surface area contributed by atoms with E-state index in [0.717, 1.165) is 0 Å². The Hall–Kier alpha value is -1.27. The quantitative estimate of drug-likeness (QED) is 0.560. The number of benzene rings is 2. The van der Waals surface area contributed by atoms with Gasteiger partial charge in [-0.05, 0) is 34.9 Å². The highest BCUT2D eigenvalue weighted by atomic mass is 35.5. The zero-order valence-electron chi connectivity index (χ0n) is 12.7. The van der Waals surface area contributed by atoms with Crippen LogP contribution in [0.25, 0.3) is 11.1 Å². The molecule has 0 aromatic heterocycles. The molecular formula is C20H23Cl. The molecule has 0 amide bonds. The Morgan fingerprint density at radius 2 is 1.38 bits per heavy atom. The topological polar surface area (TPSA) is 0 Å². The third-order valence-electron chi connectivity index (χ3n) is 4.92. The van der Waals surface area contributed by atoms with Crippen molar-refractivity contribution in [2.75, 3.05) is 0 Å². The summed E-state index contributed by atoms with van der Waals surface area (Å²) in [5.74, 6) is 0. The van der Waals surface area contributed by atoms with Crippen molar-refractivity contribution >= 4 is 11.6 Å². The molecule has 3 rings (SSSR count). The van der Waals surface area contributed by atoms with Gasteiger partial charge >= 0.3 is 0 Å². The second-order valence-electron chi connectivity index (χ2n) is 6.57. The van der Waals surface area contributed by atoms with Crippen molar-refractivity contribution in [2.45, 2.75) is 44.4 Å². The van der Waals surface area contributed by atoms with Gasteiger partial charge < -0.3 is 0 Å². The summed E-state index contributed by atoms with van der Waals surface area (Å²) >= 11 is 6.82. The summed E-state index contributed by atoms with van der Waals surface area (Å²) in [6.45, 7) is 2.36. The Balaban J connectivity index is 1.80. The van der Waals surface area contributed by atoms with E-state index < -0.39 is 0 Å². The van der Waals surface area contributed by atoms with Crippen LogP contribution in [0.15, 0.2) is 54.6 Å². The first-order valence-electron chi connectivity index (χ1n) is 7.98. The minimum atomic E-state index is 0.127. The van der Waals surface area contributed by atoms with E-state index in [-0.39, 0.29) is 10.8 Å². The molecule has 0 bridgehead atoms. The molecule has 0 radical (unpaired) electrons. The van der Waals surface area contributed by atoms with Crippen molar-refractivity contribution in [1.29, 1.82) is 0 Å². The number of hydrogen-bond donors (Lipinski definition) is 0. The molecule has 0 aliphatic heterocycles. The van der Waals surface area contributed by atoms with Gasteiger partial charge in [0.1, 0.15) is 0 Å². The van der Waals surface area contributed by atoms with E-state index in [1.807, 2.05) is 0 Å². The number of halogens is 1. The van der Waals surface area contributed by atoms with Crippen LogP contribution >= 0.6 is 11.6 Å². The van der Waals surface area contributed by atoms with Gasteiger partial charge in [-0.1, -0.05) is 80.8 Å². The van der Waals surface area contributed by atoms with Gasteiger partial charge in [-0.2, -0.15) is 0 Å². The third kappa shape index (κ3) is 3.16. The fraction of sp³-hybridized carbons (Fsp3) is 0.400. The lowest BCUT2D eigenvalue weighted by atomic mass is 9.71. The Labute approximate surface area is 133 Å². The standard InChI is InChI=1S/C20H23Cl/c1-20(14-6-3-7-15-20)19(21)18-12-10-17(11-13-18)16-8-4-2-5-9-16/h2,4-5,8-13,19H,3,6-7,14-15H2,1H3. The van der Waals surface area contributed by atoms with Crippen LogP contribution in [-0.2, 0) is 0 Å². The molecule has 1 unspecified atom stereocenters. The van der Waals surface area contributed by atoms with Crippen LogP contribution in [0.2, 0.25) is 0 Å². The highest BCUT2D eigenvalue weighted by Crippen LogP contribution is 2.49. The van der Waals surface area contributed by atoms with Crippen molar-refractivity contribution in [1.82, 2.24) is 0 Å². The Morgan fingerprint density at radius 1 is 0.810 bits per heavy atom.